The summed E-state index contributed by atoms with van der Waals surface area (Å²) in [4.78, 5) is 21.8. The highest BCUT2D eigenvalue weighted by Gasteiger charge is 2.43. The summed E-state index contributed by atoms with van der Waals surface area (Å²) in [7, 11) is -2.21. The van der Waals surface area contributed by atoms with Crippen LogP contribution in [0.5, 0.6) is 0 Å². The number of benzene rings is 1. The number of pyridine rings is 1. The van der Waals surface area contributed by atoms with E-state index in [1.165, 1.54) is 4.52 Å². The van der Waals surface area contributed by atoms with Crippen molar-refractivity contribution in [2.75, 3.05) is 32.3 Å². The van der Waals surface area contributed by atoms with Crippen molar-refractivity contribution < 1.29 is 22.7 Å². The molecule has 0 unspecified atom stereocenters. The number of nitrogen functional groups attached to an aromatic ring is 1. The molecule has 11 nitrogen and oxygen atoms in total. The minimum absolute atomic E-state index is 0.00861. The first-order valence-corrected chi connectivity index (χ1v) is 14.9. The molecule has 12 heteroatoms. The Morgan fingerprint density at radius 1 is 1.07 bits per heavy atom. The molecule has 0 radical (unpaired) electrons. The number of hydrogen-bond acceptors (Lipinski definition) is 9. The minimum Gasteiger partial charge on any atom is -0.382 e. The second-order valence-corrected chi connectivity index (χ2v) is 12.0. The fourth-order valence-corrected chi connectivity index (χ4v) is 6.41. The van der Waals surface area contributed by atoms with Crippen molar-refractivity contribution in [2.45, 2.75) is 42.1 Å². The van der Waals surface area contributed by atoms with Crippen molar-refractivity contribution in [3.8, 4) is 22.4 Å². The molecule has 1 fully saturated rings. The molecule has 0 saturated heterocycles. The number of carbonyl (C=O) groups excluding carboxylic acids is 1. The zero-order valence-electron chi connectivity index (χ0n) is 22.4. The third kappa shape index (κ3) is 5.17. The Balaban J connectivity index is 1.53. The summed E-state index contributed by atoms with van der Waals surface area (Å²) in [5, 5.41) is 4.37. The molecule has 0 atom stereocenters. The first kappa shape index (κ1) is 27.7. The molecular formula is C28H32N6O5S. The Morgan fingerprint density at radius 3 is 2.40 bits per heavy atom. The molecule has 1 amide bonds. The predicted molar refractivity (Wildman–Crippen MR) is 150 cm³/mol. The molecule has 4 N–H and O–H groups in total. The lowest BCUT2D eigenvalue weighted by Crippen LogP contribution is -2.49. The van der Waals surface area contributed by atoms with Crippen molar-refractivity contribution in [3.05, 3.63) is 60.6 Å². The van der Waals surface area contributed by atoms with Crippen LogP contribution in [0.25, 0.3) is 28.0 Å². The van der Waals surface area contributed by atoms with E-state index in [9.17, 15) is 13.2 Å². The molecule has 210 valence electrons. The lowest BCUT2D eigenvalue weighted by Gasteiger charge is -2.37. The zero-order valence-corrected chi connectivity index (χ0v) is 23.2. The van der Waals surface area contributed by atoms with E-state index in [-0.39, 0.29) is 23.2 Å². The average Bonchev–Trinajstić information content (AvgIpc) is 3.38. The average molecular weight is 565 g/mol. The number of carbonyl (C=O) groups is 1. The van der Waals surface area contributed by atoms with E-state index < -0.39 is 21.3 Å². The van der Waals surface area contributed by atoms with Gasteiger partial charge in [0.2, 0.25) is 5.91 Å². The summed E-state index contributed by atoms with van der Waals surface area (Å²) in [5.74, 6) is -0.833. The highest BCUT2D eigenvalue weighted by molar-refractivity contribution is 7.91. The summed E-state index contributed by atoms with van der Waals surface area (Å²) in [6, 6.07) is 13.7. The molecule has 4 aromatic rings. The molecule has 1 aliphatic carbocycles. The summed E-state index contributed by atoms with van der Waals surface area (Å²) in [5.41, 5.74) is 15.1. The van der Waals surface area contributed by atoms with E-state index in [1.54, 1.807) is 19.5 Å². The van der Waals surface area contributed by atoms with Gasteiger partial charge in [-0.3, -0.25) is 9.78 Å². The number of nitrogens with zero attached hydrogens (tertiary/aromatic N) is 4. The third-order valence-corrected chi connectivity index (χ3v) is 8.63. The second kappa shape index (κ2) is 11.0. The SMILES string of the molecule is COCCO[C@]1(C(N)=O)CC[C@H](c2nc3c(-c4ccc(-c5ccccc5)nc4)cnn3c(N)c2S(C)(=O)=O)CC1. The summed E-state index contributed by atoms with van der Waals surface area (Å²) in [6.07, 6.45) is 5.98. The number of rotatable bonds is 9. The van der Waals surface area contributed by atoms with Crippen molar-refractivity contribution in [1.29, 1.82) is 0 Å². The van der Waals surface area contributed by atoms with Crippen LogP contribution in [-0.4, -0.2) is 66.1 Å². The maximum Gasteiger partial charge on any atom is 0.249 e. The molecule has 3 heterocycles. The van der Waals surface area contributed by atoms with Crippen LogP contribution in [0.15, 0.2) is 59.8 Å². The normalized spacial score (nSPS) is 19.6. The Hall–Kier alpha value is -3.87. The van der Waals surface area contributed by atoms with Crippen molar-refractivity contribution in [3.63, 3.8) is 0 Å². The molecule has 1 aliphatic rings. The van der Waals surface area contributed by atoms with Crippen LogP contribution in [0.1, 0.15) is 37.3 Å². The van der Waals surface area contributed by atoms with Crippen LogP contribution in [-0.2, 0) is 24.1 Å². The summed E-state index contributed by atoms with van der Waals surface area (Å²) < 4.78 is 38.1. The van der Waals surface area contributed by atoms with Gasteiger partial charge in [-0.05, 0) is 31.7 Å². The van der Waals surface area contributed by atoms with Gasteiger partial charge in [-0.25, -0.2) is 13.4 Å². The maximum atomic E-state index is 12.9. The highest BCUT2D eigenvalue weighted by atomic mass is 32.2. The Labute approximate surface area is 232 Å². The van der Waals surface area contributed by atoms with E-state index in [0.717, 1.165) is 23.1 Å². The lowest BCUT2D eigenvalue weighted by atomic mass is 9.77. The molecule has 3 aromatic heterocycles. The first-order valence-electron chi connectivity index (χ1n) is 13.0. The standard InChI is InChI=1S/C28H32N6O5S/c1-38-14-15-39-28(27(30)35)12-10-19(11-13-28)23-24(40(2,36)37)25(29)34-26(33-23)21(17-32-34)20-8-9-22(31-16-20)18-6-4-3-5-7-18/h3-9,16-17,19H,10-15,29H2,1-2H3,(H2,30,35)/t19-,28+. The number of primary amides is 1. The van der Waals surface area contributed by atoms with Crippen molar-refractivity contribution >= 4 is 27.2 Å². The predicted octanol–water partition coefficient (Wildman–Crippen LogP) is 2.99. The second-order valence-electron chi connectivity index (χ2n) is 10.0. The van der Waals surface area contributed by atoms with Gasteiger partial charge in [0, 0.05) is 42.2 Å². The molecule has 5 rings (SSSR count). The van der Waals surface area contributed by atoms with Gasteiger partial charge in [-0.15, -0.1) is 0 Å². The number of methoxy groups -OCH3 is 1. The number of sulfone groups is 1. The van der Waals surface area contributed by atoms with E-state index in [2.05, 4.69) is 10.1 Å². The topological polar surface area (TPSA) is 165 Å². The van der Waals surface area contributed by atoms with E-state index >= 15 is 0 Å². The number of ether oxygens (including phenoxy) is 2. The van der Waals surface area contributed by atoms with E-state index in [1.807, 2.05) is 42.5 Å². The first-order chi connectivity index (χ1) is 19.1. The Bertz CT molecular complexity index is 1630. The van der Waals surface area contributed by atoms with Crippen molar-refractivity contribution in [2.24, 2.45) is 5.73 Å². The Morgan fingerprint density at radius 2 is 1.80 bits per heavy atom. The van der Waals surface area contributed by atoms with Crippen molar-refractivity contribution in [1.82, 2.24) is 19.6 Å². The van der Waals surface area contributed by atoms with Gasteiger partial charge >= 0.3 is 0 Å². The van der Waals surface area contributed by atoms with Gasteiger partial charge in [0.05, 0.1) is 30.8 Å². The van der Waals surface area contributed by atoms with Gasteiger partial charge in [0.25, 0.3) is 0 Å². The van der Waals surface area contributed by atoms with Crippen LogP contribution < -0.4 is 11.5 Å². The highest BCUT2D eigenvalue weighted by Crippen LogP contribution is 2.43. The van der Waals surface area contributed by atoms with E-state index in [4.69, 9.17) is 25.9 Å². The molecule has 1 aromatic carbocycles. The molecule has 1 saturated carbocycles. The molecule has 0 aliphatic heterocycles. The monoisotopic (exact) mass is 564 g/mol. The fraction of sp³-hybridized carbons (Fsp3) is 0.357. The smallest absolute Gasteiger partial charge is 0.249 e. The number of nitrogens with two attached hydrogens (primary N) is 2. The number of aromatic nitrogens is 4. The fourth-order valence-electron chi connectivity index (χ4n) is 5.35. The zero-order chi connectivity index (χ0) is 28.5. The molecule has 0 bridgehead atoms. The molecular weight excluding hydrogens is 532 g/mol. The maximum absolute atomic E-state index is 12.9. The van der Waals surface area contributed by atoms with Crippen LogP contribution in [0.4, 0.5) is 5.82 Å². The lowest BCUT2D eigenvalue weighted by molar-refractivity contribution is -0.151. The van der Waals surface area contributed by atoms with Crippen LogP contribution in [0.3, 0.4) is 0 Å². The minimum atomic E-state index is -3.76. The molecule has 40 heavy (non-hydrogen) atoms. The van der Waals surface area contributed by atoms with Gasteiger partial charge in [0.1, 0.15) is 16.3 Å². The summed E-state index contributed by atoms with van der Waals surface area (Å²) in [6.45, 7) is 0.558. The number of amides is 1. The number of anilines is 1. The third-order valence-electron chi connectivity index (χ3n) is 7.47. The number of hydrogen-bond donors (Lipinski definition) is 2. The van der Waals surface area contributed by atoms with Gasteiger partial charge in [-0.2, -0.15) is 9.61 Å². The summed E-state index contributed by atoms with van der Waals surface area (Å²) >= 11 is 0. The number of fused-ring (bicyclic) bond motifs is 1. The van der Waals surface area contributed by atoms with Gasteiger partial charge < -0.3 is 20.9 Å². The molecule has 0 spiro atoms. The van der Waals surface area contributed by atoms with Crippen LogP contribution >= 0.6 is 0 Å². The van der Waals surface area contributed by atoms with Crippen LogP contribution in [0.2, 0.25) is 0 Å². The Kier molecular flexibility index (Phi) is 7.58. The van der Waals surface area contributed by atoms with Gasteiger partial charge in [-0.1, -0.05) is 36.4 Å². The quantitative estimate of drug-likeness (QED) is 0.291. The van der Waals surface area contributed by atoms with Crippen LogP contribution in [0, 0.1) is 0 Å². The van der Waals surface area contributed by atoms with E-state index in [0.29, 0.717) is 49.2 Å². The largest absolute Gasteiger partial charge is 0.382 e. The van der Waals surface area contributed by atoms with Gasteiger partial charge in [0.15, 0.2) is 15.5 Å².